The maximum absolute atomic E-state index is 10.5. The van der Waals surface area contributed by atoms with Crippen LogP contribution in [0.1, 0.15) is 35.6 Å². The fraction of sp³-hybridized carbons (Fsp3) is 0.276. The molecule has 178 valence electrons. The lowest BCUT2D eigenvalue weighted by atomic mass is 9.88. The topological polar surface area (TPSA) is 71.4 Å². The number of phenols is 1. The number of methoxy groups -OCH3 is 1. The van der Waals surface area contributed by atoms with Gasteiger partial charge in [-0.15, -0.1) is 0 Å². The van der Waals surface area contributed by atoms with Crippen LogP contribution in [-0.2, 0) is 6.54 Å². The number of aryl methyl sites for hydroxylation is 1. The SMILES string of the molecule is COc1ccc(CN2CCC[C@@H](c3nc(-c4ccncc4)ncc3-c3ccccc3C)C2)c(O)c1. The molecular weight excluding hydrogens is 436 g/mol. The lowest BCUT2D eigenvalue weighted by molar-refractivity contribution is 0.196. The van der Waals surface area contributed by atoms with Gasteiger partial charge in [-0.05, 0) is 55.6 Å². The first-order chi connectivity index (χ1) is 17.1. The summed E-state index contributed by atoms with van der Waals surface area (Å²) < 4.78 is 5.24. The third kappa shape index (κ3) is 5.03. The fourth-order valence-corrected chi connectivity index (χ4v) is 4.90. The largest absolute Gasteiger partial charge is 0.507 e. The van der Waals surface area contributed by atoms with Crippen molar-refractivity contribution in [2.45, 2.75) is 32.2 Å². The summed E-state index contributed by atoms with van der Waals surface area (Å²) in [6.45, 7) is 4.69. The van der Waals surface area contributed by atoms with E-state index in [4.69, 9.17) is 14.7 Å². The highest BCUT2D eigenvalue weighted by Crippen LogP contribution is 2.36. The van der Waals surface area contributed by atoms with Gasteiger partial charge in [0.05, 0.1) is 12.8 Å². The number of phenolic OH excluding ortho intramolecular Hbond substituents is 1. The molecule has 0 bridgehead atoms. The van der Waals surface area contributed by atoms with Gasteiger partial charge in [0.2, 0.25) is 0 Å². The summed E-state index contributed by atoms with van der Waals surface area (Å²) in [6, 6.07) is 17.9. The van der Waals surface area contributed by atoms with Crippen molar-refractivity contribution in [2.24, 2.45) is 0 Å². The second-order valence-electron chi connectivity index (χ2n) is 9.11. The van der Waals surface area contributed by atoms with E-state index in [1.54, 1.807) is 25.6 Å². The molecule has 2 aromatic heterocycles. The number of benzene rings is 2. The van der Waals surface area contributed by atoms with Crippen LogP contribution in [0.4, 0.5) is 0 Å². The van der Waals surface area contributed by atoms with E-state index in [0.717, 1.165) is 54.1 Å². The second kappa shape index (κ2) is 10.2. The number of nitrogens with zero attached hydrogens (tertiary/aromatic N) is 4. The third-order valence-corrected chi connectivity index (χ3v) is 6.77. The van der Waals surface area contributed by atoms with Gasteiger partial charge in [-0.2, -0.15) is 0 Å². The highest BCUT2D eigenvalue weighted by molar-refractivity contribution is 5.70. The summed E-state index contributed by atoms with van der Waals surface area (Å²) in [4.78, 5) is 16.4. The Bertz CT molecular complexity index is 1310. The first kappa shape index (κ1) is 23.0. The van der Waals surface area contributed by atoms with E-state index in [1.165, 1.54) is 11.1 Å². The Morgan fingerprint density at radius 3 is 2.66 bits per heavy atom. The zero-order valence-corrected chi connectivity index (χ0v) is 20.2. The molecule has 0 saturated carbocycles. The van der Waals surface area contributed by atoms with Crippen molar-refractivity contribution < 1.29 is 9.84 Å². The predicted molar refractivity (Wildman–Crippen MR) is 137 cm³/mol. The van der Waals surface area contributed by atoms with E-state index in [0.29, 0.717) is 12.3 Å². The lowest BCUT2D eigenvalue weighted by Gasteiger charge is -2.33. The van der Waals surface area contributed by atoms with Crippen LogP contribution in [0.3, 0.4) is 0 Å². The van der Waals surface area contributed by atoms with Gasteiger partial charge in [-0.25, -0.2) is 9.97 Å². The van der Waals surface area contributed by atoms with Crippen molar-refractivity contribution in [1.29, 1.82) is 0 Å². The molecule has 5 rings (SSSR count). The zero-order valence-electron chi connectivity index (χ0n) is 20.2. The van der Waals surface area contributed by atoms with E-state index in [1.807, 2.05) is 30.5 Å². The number of rotatable bonds is 6. The smallest absolute Gasteiger partial charge is 0.159 e. The maximum atomic E-state index is 10.5. The van der Waals surface area contributed by atoms with Crippen molar-refractivity contribution in [2.75, 3.05) is 20.2 Å². The number of hydrogen-bond donors (Lipinski definition) is 1. The molecule has 1 fully saturated rings. The van der Waals surface area contributed by atoms with Crippen LogP contribution in [0.25, 0.3) is 22.5 Å². The zero-order chi connectivity index (χ0) is 24.2. The van der Waals surface area contributed by atoms with Crippen LogP contribution >= 0.6 is 0 Å². The molecule has 1 atom stereocenters. The maximum Gasteiger partial charge on any atom is 0.159 e. The van der Waals surface area contributed by atoms with Gasteiger partial charge in [0.25, 0.3) is 0 Å². The van der Waals surface area contributed by atoms with E-state index in [-0.39, 0.29) is 11.7 Å². The molecule has 2 aromatic carbocycles. The van der Waals surface area contributed by atoms with Gasteiger partial charge in [-0.1, -0.05) is 30.3 Å². The van der Waals surface area contributed by atoms with E-state index >= 15 is 0 Å². The van der Waals surface area contributed by atoms with Crippen molar-refractivity contribution in [3.05, 3.63) is 90.0 Å². The summed E-state index contributed by atoms with van der Waals surface area (Å²) in [5.41, 5.74) is 6.45. The standard InChI is InChI=1S/C29H30N4O2/c1-20-6-3-4-8-25(20)26-17-31-29(21-11-13-30-14-12-21)32-28(26)23-7-5-15-33(19-23)18-22-9-10-24(35-2)16-27(22)34/h3-4,6,8-14,16-17,23,34H,5,7,15,18-19H2,1-2H3/t23-/m1/s1. The van der Waals surface area contributed by atoms with Crippen LogP contribution in [0.2, 0.25) is 0 Å². The summed E-state index contributed by atoms with van der Waals surface area (Å²) in [5, 5.41) is 10.5. The van der Waals surface area contributed by atoms with Crippen LogP contribution in [0.15, 0.2) is 73.2 Å². The highest BCUT2D eigenvalue weighted by atomic mass is 16.5. The van der Waals surface area contributed by atoms with Gasteiger partial charge in [0.1, 0.15) is 11.5 Å². The van der Waals surface area contributed by atoms with Crippen molar-refractivity contribution in [3.63, 3.8) is 0 Å². The van der Waals surface area contributed by atoms with Gasteiger partial charge in [0, 0.05) is 60.4 Å². The van der Waals surface area contributed by atoms with Gasteiger partial charge >= 0.3 is 0 Å². The molecule has 0 aliphatic carbocycles. The summed E-state index contributed by atoms with van der Waals surface area (Å²) in [6.07, 6.45) is 7.67. The summed E-state index contributed by atoms with van der Waals surface area (Å²) in [5.74, 6) is 1.93. The molecule has 0 spiro atoms. The van der Waals surface area contributed by atoms with Gasteiger partial charge < -0.3 is 9.84 Å². The minimum atomic E-state index is 0.266. The molecule has 6 heteroatoms. The Labute approximate surface area is 206 Å². The van der Waals surface area contributed by atoms with E-state index < -0.39 is 0 Å². The lowest BCUT2D eigenvalue weighted by Crippen LogP contribution is -2.34. The number of aromatic nitrogens is 3. The molecule has 1 N–H and O–H groups in total. The minimum Gasteiger partial charge on any atom is -0.507 e. The Kier molecular flexibility index (Phi) is 6.73. The van der Waals surface area contributed by atoms with E-state index in [2.05, 4.69) is 41.1 Å². The molecule has 0 unspecified atom stereocenters. The summed E-state index contributed by atoms with van der Waals surface area (Å²) in [7, 11) is 1.61. The normalized spacial score (nSPS) is 16.2. The molecule has 0 radical (unpaired) electrons. The molecule has 4 aromatic rings. The average molecular weight is 467 g/mol. The monoisotopic (exact) mass is 466 g/mol. The molecular formula is C29H30N4O2. The van der Waals surface area contributed by atoms with Crippen molar-refractivity contribution in [3.8, 4) is 34.0 Å². The highest BCUT2D eigenvalue weighted by Gasteiger charge is 2.27. The van der Waals surface area contributed by atoms with Crippen LogP contribution in [0.5, 0.6) is 11.5 Å². The molecule has 6 nitrogen and oxygen atoms in total. The number of ether oxygens (including phenoxy) is 1. The van der Waals surface area contributed by atoms with Gasteiger partial charge in [0.15, 0.2) is 5.82 Å². The number of aromatic hydroxyl groups is 1. The van der Waals surface area contributed by atoms with Crippen molar-refractivity contribution in [1.82, 2.24) is 19.9 Å². The first-order valence-corrected chi connectivity index (χ1v) is 12.0. The number of likely N-dealkylation sites (tertiary alicyclic amines) is 1. The van der Waals surface area contributed by atoms with Gasteiger partial charge in [-0.3, -0.25) is 9.88 Å². The molecule has 35 heavy (non-hydrogen) atoms. The Morgan fingerprint density at radius 2 is 1.89 bits per heavy atom. The molecule has 1 aliphatic heterocycles. The third-order valence-electron chi connectivity index (χ3n) is 6.77. The number of pyridine rings is 1. The Hall–Kier alpha value is -3.77. The fourth-order valence-electron chi connectivity index (χ4n) is 4.90. The average Bonchev–Trinajstić information content (AvgIpc) is 2.90. The first-order valence-electron chi connectivity index (χ1n) is 12.0. The summed E-state index contributed by atoms with van der Waals surface area (Å²) >= 11 is 0. The molecule has 1 aliphatic rings. The Morgan fingerprint density at radius 1 is 1.06 bits per heavy atom. The van der Waals surface area contributed by atoms with Crippen LogP contribution < -0.4 is 4.74 Å². The quantitative estimate of drug-likeness (QED) is 0.398. The van der Waals surface area contributed by atoms with Crippen LogP contribution in [-0.4, -0.2) is 45.2 Å². The molecule has 0 amide bonds. The van der Waals surface area contributed by atoms with E-state index in [9.17, 15) is 5.11 Å². The number of hydrogen-bond acceptors (Lipinski definition) is 6. The van der Waals surface area contributed by atoms with Crippen LogP contribution in [0, 0.1) is 6.92 Å². The molecule has 3 heterocycles. The Balaban J connectivity index is 1.48. The minimum absolute atomic E-state index is 0.266. The predicted octanol–water partition coefficient (Wildman–Crippen LogP) is 5.61. The van der Waals surface area contributed by atoms with Crippen molar-refractivity contribution >= 4 is 0 Å². The number of piperidine rings is 1. The second-order valence-corrected chi connectivity index (χ2v) is 9.11. The molecule has 1 saturated heterocycles.